The molecule has 36 heavy (non-hydrogen) atoms. The van der Waals surface area contributed by atoms with Crippen molar-refractivity contribution in [2.75, 3.05) is 0 Å². The first-order valence-electron chi connectivity index (χ1n) is 10.9. The average molecular weight is 542 g/mol. The van der Waals surface area contributed by atoms with Gasteiger partial charge in [-0.1, -0.05) is 71.4 Å². The van der Waals surface area contributed by atoms with Gasteiger partial charge in [0.05, 0.1) is 21.7 Å². The van der Waals surface area contributed by atoms with E-state index in [9.17, 15) is 14.9 Å². The highest BCUT2D eigenvalue weighted by Gasteiger charge is 2.24. The number of nitro benzene ring substituents is 1. The summed E-state index contributed by atoms with van der Waals surface area (Å²) in [5, 5.41) is 24.3. The third kappa shape index (κ3) is 5.70. The number of hydrogen-bond acceptors (Lipinski definition) is 6. The SMILES string of the molecule is Cc1ccc(C(=O)NC(C)c2nnc(SCc3ccccc3)n2-c2ccc(Cl)cc2Cl)cc1[N+](=O)[O-]. The van der Waals surface area contributed by atoms with Crippen LogP contribution >= 0.6 is 35.0 Å². The molecule has 0 aliphatic heterocycles. The zero-order valence-corrected chi connectivity index (χ0v) is 21.6. The molecule has 0 aliphatic carbocycles. The van der Waals surface area contributed by atoms with Gasteiger partial charge in [0, 0.05) is 28.0 Å². The Morgan fingerprint density at radius 1 is 1.11 bits per heavy atom. The second-order valence-electron chi connectivity index (χ2n) is 8.00. The van der Waals surface area contributed by atoms with E-state index in [1.807, 2.05) is 30.3 Å². The molecule has 1 heterocycles. The summed E-state index contributed by atoms with van der Waals surface area (Å²) in [4.78, 5) is 23.7. The van der Waals surface area contributed by atoms with Gasteiger partial charge in [-0.15, -0.1) is 10.2 Å². The minimum Gasteiger partial charge on any atom is -0.342 e. The summed E-state index contributed by atoms with van der Waals surface area (Å²) in [5.41, 5.74) is 2.26. The van der Waals surface area contributed by atoms with E-state index in [2.05, 4.69) is 15.5 Å². The molecule has 1 atom stereocenters. The summed E-state index contributed by atoms with van der Waals surface area (Å²) in [6.45, 7) is 3.38. The topological polar surface area (TPSA) is 103 Å². The van der Waals surface area contributed by atoms with E-state index >= 15 is 0 Å². The van der Waals surface area contributed by atoms with Crippen molar-refractivity contribution in [3.63, 3.8) is 0 Å². The lowest BCUT2D eigenvalue weighted by Gasteiger charge is -2.17. The van der Waals surface area contributed by atoms with E-state index in [4.69, 9.17) is 23.2 Å². The number of aryl methyl sites for hydroxylation is 1. The van der Waals surface area contributed by atoms with E-state index < -0.39 is 16.9 Å². The highest BCUT2D eigenvalue weighted by molar-refractivity contribution is 7.98. The molecule has 4 aromatic rings. The number of nitrogens with one attached hydrogen (secondary N) is 1. The fourth-order valence-electron chi connectivity index (χ4n) is 3.56. The lowest BCUT2D eigenvalue weighted by molar-refractivity contribution is -0.385. The van der Waals surface area contributed by atoms with Crippen LogP contribution in [-0.4, -0.2) is 25.6 Å². The van der Waals surface area contributed by atoms with Gasteiger partial charge in [-0.25, -0.2) is 0 Å². The van der Waals surface area contributed by atoms with Gasteiger partial charge < -0.3 is 5.32 Å². The first kappa shape index (κ1) is 25.7. The van der Waals surface area contributed by atoms with Gasteiger partial charge in [0.25, 0.3) is 11.6 Å². The van der Waals surface area contributed by atoms with E-state index in [1.54, 1.807) is 48.7 Å². The summed E-state index contributed by atoms with van der Waals surface area (Å²) >= 11 is 14.1. The molecule has 0 bridgehead atoms. The Bertz CT molecular complexity index is 1430. The van der Waals surface area contributed by atoms with Crippen LogP contribution in [0.2, 0.25) is 10.0 Å². The number of benzene rings is 3. The quantitative estimate of drug-likeness (QED) is 0.153. The van der Waals surface area contributed by atoms with Crippen molar-refractivity contribution in [2.24, 2.45) is 0 Å². The van der Waals surface area contributed by atoms with Gasteiger partial charge in [0.1, 0.15) is 0 Å². The molecule has 0 spiro atoms. The number of nitro groups is 1. The van der Waals surface area contributed by atoms with Gasteiger partial charge in [0.15, 0.2) is 11.0 Å². The zero-order valence-electron chi connectivity index (χ0n) is 19.3. The van der Waals surface area contributed by atoms with Crippen molar-refractivity contribution in [1.29, 1.82) is 0 Å². The summed E-state index contributed by atoms with van der Waals surface area (Å²) in [6, 6.07) is 18.8. The molecule has 1 unspecified atom stereocenters. The van der Waals surface area contributed by atoms with Crippen LogP contribution < -0.4 is 5.32 Å². The van der Waals surface area contributed by atoms with E-state index in [0.717, 1.165) is 5.56 Å². The van der Waals surface area contributed by atoms with Crippen LogP contribution in [0.4, 0.5) is 5.69 Å². The molecule has 3 aromatic carbocycles. The van der Waals surface area contributed by atoms with Gasteiger partial charge in [-0.05, 0) is 43.7 Å². The highest BCUT2D eigenvalue weighted by Crippen LogP contribution is 2.32. The number of thioether (sulfide) groups is 1. The van der Waals surface area contributed by atoms with Crippen LogP contribution in [0.5, 0.6) is 0 Å². The maximum Gasteiger partial charge on any atom is 0.273 e. The van der Waals surface area contributed by atoms with Crippen molar-refractivity contribution in [3.05, 3.63) is 109 Å². The number of hydrogen-bond donors (Lipinski definition) is 1. The number of carbonyl (C=O) groups excluding carboxylic acids is 1. The smallest absolute Gasteiger partial charge is 0.273 e. The molecule has 1 aromatic heterocycles. The Labute approximate surface area is 221 Å². The fraction of sp³-hybridized carbons (Fsp3) is 0.160. The number of rotatable bonds is 8. The second kappa shape index (κ2) is 11.1. The van der Waals surface area contributed by atoms with Crippen LogP contribution in [-0.2, 0) is 5.75 Å². The Kier molecular flexibility index (Phi) is 7.93. The molecule has 0 saturated carbocycles. The molecule has 1 amide bonds. The molecular weight excluding hydrogens is 521 g/mol. The van der Waals surface area contributed by atoms with E-state index in [-0.39, 0.29) is 11.3 Å². The zero-order chi connectivity index (χ0) is 25.8. The van der Waals surface area contributed by atoms with Gasteiger partial charge in [-0.3, -0.25) is 19.5 Å². The minimum atomic E-state index is -0.594. The van der Waals surface area contributed by atoms with E-state index in [0.29, 0.717) is 38.0 Å². The van der Waals surface area contributed by atoms with Crippen molar-refractivity contribution in [2.45, 2.75) is 30.8 Å². The number of aromatic nitrogens is 3. The molecule has 184 valence electrons. The lowest BCUT2D eigenvalue weighted by atomic mass is 10.1. The predicted molar refractivity (Wildman–Crippen MR) is 141 cm³/mol. The van der Waals surface area contributed by atoms with Crippen molar-refractivity contribution < 1.29 is 9.72 Å². The molecule has 0 fully saturated rings. The molecule has 0 radical (unpaired) electrons. The van der Waals surface area contributed by atoms with E-state index in [1.165, 1.54) is 17.8 Å². The van der Waals surface area contributed by atoms with Crippen LogP contribution in [0.15, 0.2) is 71.9 Å². The second-order valence-corrected chi connectivity index (χ2v) is 9.79. The average Bonchev–Trinajstić information content (AvgIpc) is 3.27. The summed E-state index contributed by atoms with van der Waals surface area (Å²) in [6.07, 6.45) is 0. The molecule has 11 heteroatoms. The Morgan fingerprint density at radius 3 is 2.56 bits per heavy atom. The number of halogens is 2. The van der Waals surface area contributed by atoms with Crippen molar-refractivity contribution >= 4 is 46.6 Å². The minimum absolute atomic E-state index is 0.119. The molecule has 0 aliphatic rings. The first-order valence-corrected chi connectivity index (χ1v) is 12.6. The standard InChI is InChI=1S/C25H21Cl2N5O3S/c1-15-8-9-18(12-22(15)32(34)35)24(33)28-16(2)23-29-30-25(36-14-17-6-4-3-5-7-17)31(23)21-11-10-19(26)13-20(21)27/h3-13,16H,14H2,1-2H3,(H,28,33). The van der Waals surface area contributed by atoms with Gasteiger partial charge >= 0.3 is 0 Å². The Balaban J connectivity index is 1.66. The predicted octanol–water partition coefficient (Wildman–Crippen LogP) is 6.57. The van der Waals surface area contributed by atoms with Gasteiger partial charge in [0.2, 0.25) is 0 Å². The monoisotopic (exact) mass is 541 g/mol. The molecule has 1 N–H and O–H groups in total. The molecule has 0 saturated heterocycles. The van der Waals surface area contributed by atoms with Crippen LogP contribution in [0.25, 0.3) is 5.69 Å². The lowest BCUT2D eigenvalue weighted by Crippen LogP contribution is -2.28. The number of carbonyl (C=O) groups is 1. The van der Waals surface area contributed by atoms with Crippen LogP contribution in [0.3, 0.4) is 0 Å². The number of nitrogens with zero attached hydrogens (tertiary/aromatic N) is 4. The Morgan fingerprint density at radius 2 is 1.86 bits per heavy atom. The Hall–Kier alpha value is -3.40. The normalized spacial score (nSPS) is 11.8. The summed E-state index contributed by atoms with van der Waals surface area (Å²) in [5.74, 6) is 0.628. The largest absolute Gasteiger partial charge is 0.342 e. The maximum atomic E-state index is 13.0. The number of amides is 1. The summed E-state index contributed by atoms with van der Waals surface area (Å²) < 4.78 is 1.79. The van der Waals surface area contributed by atoms with Gasteiger partial charge in [-0.2, -0.15) is 0 Å². The highest BCUT2D eigenvalue weighted by atomic mass is 35.5. The summed E-state index contributed by atoms with van der Waals surface area (Å²) in [7, 11) is 0. The van der Waals surface area contributed by atoms with Crippen molar-refractivity contribution in [1.82, 2.24) is 20.1 Å². The van der Waals surface area contributed by atoms with Crippen molar-refractivity contribution in [3.8, 4) is 5.69 Å². The maximum absolute atomic E-state index is 13.0. The van der Waals surface area contributed by atoms with Crippen LogP contribution in [0, 0.1) is 17.0 Å². The molecule has 8 nitrogen and oxygen atoms in total. The first-order chi connectivity index (χ1) is 17.2. The molecular formula is C25H21Cl2N5O3S. The van der Waals surface area contributed by atoms with Crippen LogP contribution in [0.1, 0.15) is 40.3 Å². The third-order valence-electron chi connectivity index (χ3n) is 5.42. The fourth-order valence-corrected chi connectivity index (χ4v) is 4.96. The third-order valence-corrected chi connectivity index (χ3v) is 6.96. The molecule has 4 rings (SSSR count).